The van der Waals surface area contributed by atoms with Crippen LogP contribution in [0.2, 0.25) is 0 Å². The number of ether oxygens (including phenoxy) is 1. The number of Topliss-reactive ketones (excluding diaryl/α,β-unsaturated/α-hetero) is 1. The van der Waals surface area contributed by atoms with Gasteiger partial charge in [0.05, 0.1) is 7.11 Å². The first-order valence-electron chi connectivity index (χ1n) is 5.48. The molecule has 0 radical (unpaired) electrons. The molecule has 1 spiro atoms. The summed E-state index contributed by atoms with van der Waals surface area (Å²) < 4.78 is 4.62. The minimum Gasteiger partial charge on any atom is -0.468 e. The number of methoxy groups -OCH3 is 1. The second-order valence-corrected chi connectivity index (χ2v) is 4.57. The minimum absolute atomic E-state index is 0.0120. The Morgan fingerprint density at radius 2 is 2.06 bits per heavy atom. The molecule has 2 atom stereocenters. The Labute approximate surface area is 93.5 Å². The molecule has 0 unspecified atom stereocenters. The molecule has 2 aliphatic rings. The van der Waals surface area contributed by atoms with Crippen LogP contribution in [0.4, 0.5) is 0 Å². The van der Waals surface area contributed by atoms with Crippen LogP contribution in [0.3, 0.4) is 0 Å². The molecule has 5 nitrogen and oxygen atoms in total. The summed E-state index contributed by atoms with van der Waals surface area (Å²) in [5.74, 6) is -1.24. The molecule has 16 heavy (non-hydrogen) atoms. The predicted molar refractivity (Wildman–Crippen MR) is 54.5 cm³/mol. The number of carbonyl (C=O) groups is 3. The SMILES string of the molecule is COC(=O)[C@@H]1C[C@]2(CCC(=O)N2)CCC1=O. The van der Waals surface area contributed by atoms with Crippen LogP contribution in [0.15, 0.2) is 0 Å². The number of ketones is 1. The van der Waals surface area contributed by atoms with E-state index in [1.165, 1.54) is 7.11 Å². The summed E-state index contributed by atoms with van der Waals surface area (Å²) in [6, 6.07) is 0. The maximum Gasteiger partial charge on any atom is 0.316 e. The van der Waals surface area contributed by atoms with E-state index in [0.29, 0.717) is 32.1 Å². The zero-order valence-electron chi connectivity index (χ0n) is 9.25. The maximum atomic E-state index is 11.6. The van der Waals surface area contributed by atoms with Crippen molar-refractivity contribution in [3.05, 3.63) is 0 Å². The van der Waals surface area contributed by atoms with Gasteiger partial charge in [0, 0.05) is 18.4 Å². The Bertz CT molecular complexity index is 344. The molecule has 2 rings (SSSR count). The first-order valence-corrected chi connectivity index (χ1v) is 5.48. The lowest BCUT2D eigenvalue weighted by Crippen LogP contribution is -2.49. The van der Waals surface area contributed by atoms with Gasteiger partial charge in [-0.25, -0.2) is 0 Å². The molecule has 1 saturated heterocycles. The number of hydrogen-bond donors (Lipinski definition) is 1. The first-order chi connectivity index (χ1) is 7.56. The molecule has 1 saturated carbocycles. The average Bonchev–Trinajstić information content (AvgIpc) is 2.63. The fourth-order valence-corrected chi connectivity index (χ4v) is 2.61. The highest BCUT2D eigenvalue weighted by Gasteiger charge is 2.47. The summed E-state index contributed by atoms with van der Waals surface area (Å²) in [7, 11) is 1.28. The van der Waals surface area contributed by atoms with Crippen molar-refractivity contribution in [3.63, 3.8) is 0 Å². The third-order valence-electron chi connectivity index (χ3n) is 3.55. The minimum atomic E-state index is -0.697. The monoisotopic (exact) mass is 225 g/mol. The van der Waals surface area contributed by atoms with Crippen molar-refractivity contribution in [1.82, 2.24) is 5.32 Å². The standard InChI is InChI=1S/C11H15NO4/c1-16-10(15)7-6-11(4-2-8(7)13)5-3-9(14)12-11/h7H,2-6H2,1H3,(H,12,14)/t7-,11-/m1/s1. The summed E-state index contributed by atoms with van der Waals surface area (Å²) in [5, 5.41) is 2.90. The quantitative estimate of drug-likeness (QED) is 0.510. The highest BCUT2D eigenvalue weighted by molar-refractivity contribution is 6.00. The molecule has 1 N–H and O–H groups in total. The smallest absolute Gasteiger partial charge is 0.316 e. The highest BCUT2D eigenvalue weighted by atomic mass is 16.5. The van der Waals surface area contributed by atoms with Gasteiger partial charge in [-0.05, 0) is 19.3 Å². The Morgan fingerprint density at radius 3 is 2.62 bits per heavy atom. The second kappa shape index (κ2) is 3.88. The van der Waals surface area contributed by atoms with Gasteiger partial charge >= 0.3 is 5.97 Å². The van der Waals surface area contributed by atoms with Gasteiger partial charge in [0.1, 0.15) is 11.7 Å². The molecule has 1 amide bonds. The summed E-state index contributed by atoms with van der Waals surface area (Å²) in [5.41, 5.74) is -0.343. The van der Waals surface area contributed by atoms with E-state index < -0.39 is 11.9 Å². The van der Waals surface area contributed by atoms with Gasteiger partial charge in [-0.2, -0.15) is 0 Å². The molecular weight excluding hydrogens is 210 g/mol. The second-order valence-electron chi connectivity index (χ2n) is 4.57. The number of carbonyl (C=O) groups excluding carboxylic acids is 3. The molecular formula is C11H15NO4. The summed E-state index contributed by atoms with van der Waals surface area (Å²) >= 11 is 0. The van der Waals surface area contributed by atoms with Gasteiger partial charge in [-0.15, -0.1) is 0 Å². The Hall–Kier alpha value is -1.39. The first kappa shape index (κ1) is 11.1. The number of amides is 1. The number of hydrogen-bond acceptors (Lipinski definition) is 4. The normalized spacial score (nSPS) is 33.9. The summed E-state index contributed by atoms with van der Waals surface area (Å²) in [4.78, 5) is 34.3. The van der Waals surface area contributed by atoms with Crippen molar-refractivity contribution in [3.8, 4) is 0 Å². The van der Waals surface area contributed by atoms with E-state index in [4.69, 9.17) is 0 Å². The number of nitrogens with one attached hydrogen (secondary N) is 1. The van der Waals surface area contributed by atoms with E-state index in [-0.39, 0.29) is 17.2 Å². The van der Waals surface area contributed by atoms with Crippen LogP contribution in [-0.2, 0) is 19.1 Å². The average molecular weight is 225 g/mol. The van der Waals surface area contributed by atoms with Crippen LogP contribution in [-0.4, -0.2) is 30.3 Å². The molecule has 5 heteroatoms. The van der Waals surface area contributed by atoms with Crippen LogP contribution < -0.4 is 5.32 Å². The van der Waals surface area contributed by atoms with Crippen molar-refractivity contribution in [2.45, 2.75) is 37.6 Å². The summed E-state index contributed by atoms with van der Waals surface area (Å²) in [6.07, 6.45) is 2.59. The van der Waals surface area contributed by atoms with Crippen LogP contribution in [0.25, 0.3) is 0 Å². The Kier molecular flexibility index (Phi) is 2.69. The molecule has 2 fully saturated rings. The van der Waals surface area contributed by atoms with Gasteiger partial charge < -0.3 is 10.1 Å². The van der Waals surface area contributed by atoms with Crippen molar-refractivity contribution in [2.75, 3.05) is 7.11 Å². The van der Waals surface area contributed by atoms with Crippen molar-refractivity contribution in [2.24, 2.45) is 5.92 Å². The van der Waals surface area contributed by atoms with E-state index in [1.54, 1.807) is 0 Å². The van der Waals surface area contributed by atoms with Crippen LogP contribution in [0, 0.1) is 5.92 Å². The molecule has 0 bridgehead atoms. The molecule has 1 aliphatic carbocycles. The topological polar surface area (TPSA) is 72.5 Å². The molecule has 0 aromatic carbocycles. The highest BCUT2D eigenvalue weighted by Crippen LogP contribution is 2.37. The maximum absolute atomic E-state index is 11.6. The van der Waals surface area contributed by atoms with Gasteiger partial charge in [-0.3, -0.25) is 14.4 Å². The van der Waals surface area contributed by atoms with E-state index in [2.05, 4.69) is 10.1 Å². The van der Waals surface area contributed by atoms with Crippen molar-refractivity contribution >= 4 is 17.7 Å². The number of rotatable bonds is 1. The van der Waals surface area contributed by atoms with Gasteiger partial charge in [0.25, 0.3) is 0 Å². The zero-order chi connectivity index (χ0) is 11.8. The lowest BCUT2D eigenvalue weighted by molar-refractivity contribution is -0.152. The zero-order valence-corrected chi connectivity index (χ0v) is 9.25. The predicted octanol–water partition coefficient (Wildman–Crippen LogP) is 0.177. The van der Waals surface area contributed by atoms with Gasteiger partial charge in [0.15, 0.2) is 0 Å². The lowest BCUT2D eigenvalue weighted by Gasteiger charge is -2.35. The molecule has 0 aromatic rings. The largest absolute Gasteiger partial charge is 0.468 e. The van der Waals surface area contributed by atoms with Crippen molar-refractivity contribution in [1.29, 1.82) is 0 Å². The fraction of sp³-hybridized carbons (Fsp3) is 0.727. The van der Waals surface area contributed by atoms with Crippen LogP contribution in [0.1, 0.15) is 32.1 Å². The van der Waals surface area contributed by atoms with Crippen molar-refractivity contribution < 1.29 is 19.1 Å². The molecule has 0 aromatic heterocycles. The lowest BCUT2D eigenvalue weighted by atomic mass is 9.74. The summed E-state index contributed by atoms with van der Waals surface area (Å²) in [6.45, 7) is 0. The van der Waals surface area contributed by atoms with Crippen LogP contribution in [0.5, 0.6) is 0 Å². The van der Waals surface area contributed by atoms with Crippen LogP contribution >= 0.6 is 0 Å². The van der Waals surface area contributed by atoms with E-state index in [1.807, 2.05) is 0 Å². The Morgan fingerprint density at radius 1 is 1.38 bits per heavy atom. The van der Waals surface area contributed by atoms with Gasteiger partial charge in [0.2, 0.25) is 5.91 Å². The molecule has 88 valence electrons. The van der Waals surface area contributed by atoms with E-state index in [9.17, 15) is 14.4 Å². The third-order valence-corrected chi connectivity index (χ3v) is 3.55. The van der Waals surface area contributed by atoms with E-state index >= 15 is 0 Å². The number of esters is 1. The third kappa shape index (κ3) is 1.81. The Balaban J connectivity index is 2.13. The molecule has 1 aliphatic heterocycles. The van der Waals surface area contributed by atoms with Gasteiger partial charge in [-0.1, -0.05) is 0 Å². The fourth-order valence-electron chi connectivity index (χ4n) is 2.61. The van der Waals surface area contributed by atoms with E-state index in [0.717, 1.165) is 0 Å². The molecule has 1 heterocycles.